The molecule has 1 amide bonds. The van der Waals surface area contributed by atoms with Gasteiger partial charge in [-0.2, -0.15) is 13.2 Å². The van der Waals surface area contributed by atoms with Crippen LogP contribution in [0.2, 0.25) is 0 Å². The predicted molar refractivity (Wildman–Crippen MR) is 86.4 cm³/mol. The second kappa shape index (κ2) is 6.27. The van der Waals surface area contributed by atoms with Gasteiger partial charge in [-0.15, -0.1) is 0 Å². The molecule has 3 rings (SSSR count). The summed E-state index contributed by atoms with van der Waals surface area (Å²) in [5.74, 6) is -0.305. The van der Waals surface area contributed by atoms with Crippen molar-refractivity contribution in [3.8, 4) is 0 Å². The monoisotopic (exact) mass is 397 g/mol. The molecule has 0 spiro atoms. The molecule has 2 aromatic heterocycles. The number of hydrogen-bond donors (Lipinski definition) is 2. The number of aromatic amines is 1. The fourth-order valence-electron chi connectivity index (χ4n) is 2.24. The van der Waals surface area contributed by atoms with E-state index in [-0.39, 0.29) is 12.5 Å². The Kier molecular flexibility index (Phi) is 4.31. The van der Waals surface area contributed by atoms with E-state index in [4.69, 9.17) is 0 Å². The van der Waals surface area contributed by atoms with Crippen molar-refractivity contribution in [3.05, 3.63) is 64.0 Å². The highest BCUT2D eigenvalue weighted by Gasteiger charge is 2.32. The van der Waals surface area contributed by atoms with Crippen LogP contribution in [0.25, 0.3) is 10.9 Å². The van der Waals surface area contributed by atoms with E-state index in [2.05, 4.69) is 31.2 Å². The third-order valence-electron chi connectivity index (χ3n) is 3.43. The lowest BCUT2D eigenvalue weighted by atomic mass is 10.1. The minimum Gasteiger partial charge on any atom is -0.351 e. The van der Waals surface area contributed by atoms with E-state index in [0.29, 0.717) is 26.6 Å². The first-order valence-corrected chi connectivity index (χ1v) is 7.71. The van der Waals surface area contributed by atoms with Crippen LogP contribution in [-0.4, -0.2) is 15.9 Å². The summed E-state index contributed by atoms with van der Waals surface area (Å²) in [6.07, 6.45) is -2.98. The molecular weight excluding hydrogens is 387 g/mol. The van der Waals surface area contributed by atoms with Crippen molar-refractivity contribution in [1.82, 2.24) is 15.3 Å². The molecule has 0 aliphatic carbocycles. The molecule has 3 aromatic rings. The number of pyridine rings is 1. The molecule has 124 valence electrons. The number of carbonyl (C=O) groups is 1. The molecule has 1 aromatic carbocycles. The number of nitrogens with zero attached hydrogens (tertiary/aromatic N) is 1. The number of alkyl halides is 3. The van der Waals surface area contributed by atoms with Gasteiger partial charge in [0.2, 0.25) is 0 Å². The molecule has 2 heterocycles. The summed E-state index contributed by atoms with van der Waals surface area (Å²) in [6, 6.07) is 9.17. The van der Waals surface area contributed by atoms with Gasteiger partial charge in [0.05, 0.1) is 5.56 Å². The maximum atomic E-state index is 12.7. The highest BCUT2D eigenvalue weighted by molar-refractivity contribution is 9.10. The summed E-state index contributed by atoms with van der Waals surface area (Å²) in [6.45, 7) is 0.206. The summed E-state index contributed by atoms with van der Waals surface area (Å²) in [5, 5.41) is 3.15. The first-order chi connectivity index (χ1) is 11.3. The lowest BCUT2D eigenvalue weighted by Gasteiger charge is -2.05. The quantitative estimate of drug-likeness (QED) is 0.648. The Morgan fingerprint density at radius 3 is 2.67 bits per heavy atom. The molecule has 0 bridgehead atoms. The Bertz CT molecular complexity index is 888. The molecule has 0 fully saturated rings. The van der Waals surface area contributed by atoms with E-state index in [9.17, 15) is 18.0 Å². The van der Waals surface area contributed by atoms with Crippen molar-refractivity contribution in [2.75, 3.05) is 0 Å². The van der Waals surface area contributed by atoms with Gasteiger partial charge in [0.1, 0.15) is 10.3 Å². The van der Waals surface area contributed by atoms with Crippen molar-refractivity contribution < 1.29 is 18.0 Å². The molecule has 0 saturated carbocycles. The molecule has 0 aliphatic rings. The number of aromatic nitrogens is 2. The van der Waals surface area contributed by atoms with Gasteiger partial charge < -0.3 is 10.3 Å². The van der Waals surface area contributed by atoms with Crippen molar-refractivity contribution in [2.45, 2.75) is 12.7 Å². The molecule has 0 saturated heterocycles. The number of amides is 1. The summed E-state index contributed by atoms with van der Waals surface area (Å²) in [4.78, 5) is 18.3. The first-order valence-electron chi connectivity index (χ1n) is 6.91. The zero-order valence-corrected chi connectivity index (χ0v) is 13.7. The van der Waals surface area contributed by atoms with Crippen LogP contribution in [0.5, 0.6) is 0 Å². The Hall–Kier alpha value is -2.35. The number of nitrogens with one attached hydrogen (secondary N) is 2. The highest BCUT2D eigenvalue weighted by atomic mass is 79.9. The summed E-state index contributed by atoms with van der Waals surface area (Å²) < 4.78 is 38.7. The van der Waals surface area contributed by atoms with E-state index in [0.717, 1.165) is 6.07 Å². The summed E-state index contributed by atoms with van der Waals surface area (Å²) in [7, 11) is 0. The minimum absolute atomic E-state index is 0.206. The molecule has 0 unspecified atom stereocenters. The lowest BCUT2D eigenvalue weighted by Crippen LogP contribution is -2.22. The van der Waals surface area contributed by atoms with Gasteiger partial charge in [0.25, 0.3) is 5.91 Å². The summed E-state index contributed by atoms with van der Waals surface area (Å²) >= 11 is 3.18. The average molecular weight is 398 g/mol. The number of hydrogen-bond acceptors (Lipinski definition) is 2. The average Bonchev–Trinajstić information content (AvgIpc) is 2.97. The van der Waals surface area contributed by atoms with Crippen LogP contribution >= 0.6 is 15.9 Å². The smallest absolute Gasteiger partial charge is 0.351 e. The van der Waals surface area contributed by atoms with Gasteiger partial charge in [-0.05, 0) is 51.8 Å². The number of halogens is 4. The molecule has 0 aliphatic heterocycles. The standard InChI is InChI=1S/C16H11BrF3N3O/c17-14-4-2-10(8-21-14)15(24)22-7-9-1-3-12-11(5-9)6-13(23-12)16(18,19)20/h1-6,8,23H,7H2,(H,22,24). The number of carbonyl (C=O) groups excluding carboxylic acids is 1. The van der Waals surface area contributed by atoms with Crippen molar-refractivity contribution in [2.24, 2.45) is 0 Å². The van der Waals surface area contributed by atoms with Gasteiger partial charge in [0, 0.05) is 23.6 Å². The Labute approximate surface area is 143 Å². The molecule has 2 N–H and O–H groups in total. The van der Waals surface area contributed by atoms with Crippen LogP contribution in [-0.2, 0) is 12.7 Å². The second-order valence-electron chi connectivity index (χ2n) is 5.15. The van der Waals surface area contributed by atoms with Crippen LogP contribution in [0, 0.1) is 0 Å². The summed E-state index contributed by atoms with van der Waals surface area (Å²) in [5.41, 5.74) is 0.711. The molecule has 0 atom stereocenters. The van der Waals surface area contributed by atoms with Crippen molar-refractivity contribution >= 4 is 32.7 Å². The van der Waals surface area contributed by atoms with E-state index in [1.54, 1.807) is 30.3 Å². The van der Waals surface area contributed by atoms with E-state index < -0.39 is 11.9 Å². The van der Waals surface area contributed by atoms with Crippen LogP contribution in [0.15, 0.2) is 47.2 Å². The molecule has 8 heteroatoms. The van der Waals surface area contributed by atoms with Crippen LogP contribution < -0.4 is 5.32 Å². The third-order valence-corrected chi connectivity index (χ3v) is 3.90. The van der Waals surface area contributed by atoms with Crippen molar-refractivity contribution in [3.63, 3.8) is 0 Å². The van der Waals surface area contributed by atoms with Crippen LogP contribution in [0.4, 0.5) is 13.2 Å². The number of fused-ring (bicyclic) bond motifs is 1. The lowest BCUT2D eigenvalue weighted by molar-refractivity contribution is -0.140. The topological polar surface area (TPSA) is 57.8 Å². The Balaban J connectivity index is 1.73. The van der Waals surface area contributed by atoms with Gasteiger partial charge in [-0.3, -0.25) is 4.79 Å². The van der Waals surface area contributed by atoms with Crippen LogP contribution in [0.1, 0.15) is 21.6 Å². The number of benzene rings is 1. The number of H-pyrrole nitrogens is 1. The van der Waals surface area contributed by atoms with Crippen molar-refractivity contribution in [1.29, 1.82) is 0 Å². The third kappa shape index (κ3) is 3.59. The minimum atomic E-state index is -4.41. The molecule has 4 nitrogen and oxygen atoms in total. The molecular formula is C16H11BrF3N3O. The normalized spacial score (nSPS) is 11.7. The predicted octanol–water partition coefficient (Wildman–Crippen LogP) is 4.27. The fraction of sp³-hybridized carbons (Fsp3) is 0.125. The second-order valence-corrected chi connectivity index (χ2v) is 5.97. The van der Waals surface area contributed by atoms with Gasteiger partial charge in [0.15, 0.2) is 0 Å². The van der Waals surface area contributed by atoms with E-state index >= 15 is 0 Å². The highest BCUT2D eigenvalue weighted by Crippen LogP contribution is 2.31. The fourth-order valence-corrected chi connectivity index (χ4v) is 2.47. The Morgan fingerprint density at radius 2 is 2.00 bits per heavy atom. The zero-order chi connectivity index (χ0) is 17.3. The zero-order valence-electron chi connectivity index (χ0n) is 12.1. The molecule has 24 heavy (non-hydrogen) atoms. The van der Waals surface area contributed by atoms with Crippen LogP contribution in [0.3, 0.4) is 0 Å². The number of rotatable bonds is 3. The maximum Gasteiger partial charge on any atom is 0.431 e. The first kappa shape index (κ1) is 16.5. The van der Waals surface area contributed by atoms with Gasteiger partial charge >= 0.3 is 6.18 Å². The maximum absolute atomic E-state index is 12.7. The largest absolute Gasteiger partial charge is 0.431 e. The SMILES string of the molecule is O=C(NCc1ccc2[nH]c(C(F)(F)F)cc2c1)c1ccc(Br)nc1. The van der Waals surface area contributed by atoms with Gasteiger partial charge in [-0.1, -0.05) is 6.07 Å². The van der Waals surface area contributed by atoms with Gasteiger partial charge in [-0.25, -0.2) is 4.98 Å². The van der Waals surface area contributed by atoms with E-state index in [1.807, 2.05) is 0 Å². The molecule has 0 radical (unpaired) electrons. The van der Waals surface area contributed by atoms with E-state index in [1.165, 1.54) is 6.20 Å². The Morgan fingerprint density at radius 1 is 1.21 bits per heavy atom.